The molecule has 1 fully saturated rings. The highest BCUT2D eigenvalue weighted by Gasteiger charge is 2.30. The molecule has 138 valence electrons. The second-order valence-electron chi connectivity index (χ2n) is 6.65. The summed E-state index contributed by atoms with van der Waals surface area (Å²) in [5.41, 5.74) is 2.07. The number of carbonyl (C=O) groups excluding carboxylic acids is 2. The smallest absolute Gasteiger partial charge is 0.408 e. The fraction of sp³-hybridized carbons (Fsp3) is 0.250. The van der Waals surface area contributed by atoms with E-state index in [2.05, 4.69) is 5.32 Å². The van der Waals surface area contributed by atoms with Crippen molar-refractivity contribution in [2.75, 3.05) is 6.54 Å². The first-order chi connectivity index (χ1) is 13.1. The third-order valence-corrected chi connectivity index (χ3v) is 4.67. The van der Waals surface area contributed by atoms with Crippen molar-refractivity contribution in [2.24, 2.45) is 0 Å². The first-order valence-corrected chi connectivity index (χ1v) is 8.79. The molecule has 0 aliphatic carbocycles. The van der Waals surface area contributed by atoms with E-state index in [-0.39, 0.29) is 30.8 Å². The Bertz CT molecular complexity index is 1040. The van der Waals surface area contributed by atoms with Crippen LogP contribution < -0.4 is 11.1 Å². The Morgan fingerprint density at radius 3 is 2.63 bits per heavy atom. The fourth-order valence-corrected chi connectivity index (χ4v) is 3.41. The molecule has 1 aromatic heterocycles. The van der Waals surface area contributed by atoms with E-state index in [9.17, 15) is 14.4 Å². The first kappa shape index (κ1) is 17.1. The number of benzene rings is 2. The van der Waals surface area contributed by atoms with Crippen LogP contribution in [0.5, 0.6) is 0 Å². The lowest BCUT2D eigenvalue weighted by Crippen LogP contribution is -2.39. The molecule has 7 heteroatoms. The molecule has 4 rings (SSSR count). The average Bonchev–Trinajstić information content (AvgIpc) is 3.15. The maximum absolute atomic E-state index is 12.4. The van der Waals surface area contributed by atoms with Crippen LogP contribution in [0.4, 0.5) is 0 Å². The molecule has 0 radical (unpaired) electrons. The Morgan fingerprint density at radius 2 is 1.81 bits per heavy atom. The Hall–Kier alpha value is -3.35. The fourth-order valence-electron chi connectivity index (χ4n) is 3.41. The highest BCUT2D eigenvalue weighted by atomic mass is 16.4. The molecule has 0 spiro atoms. The van der Waals surface area contributed by atoms with Gasteiger partial charge in [0.2, 0.25) is 11.8 Å². The van der Waals surface area contributed by atoms with Crippen LogP contribution in [0.25, 0.3) is 11.1 Å². The van der Waals surface area contributed by atoms with E-state index in [0.29, 0.717) is 24.2 Å². The molecule has 27 heavy (non-hydrogen) atoms. The van der Waals surface area contributed by atoms with Crippen molar-refractivity contribution in [1.82, 2.24) is 14.8 Å². The molecular formula is C20H19N3O4. The highest BCUT2D eigenvalue weighted by Crippen LogP contribution is 2.15. The Labute approximate surface area is 155 Å². The molecule has 1 saturated heterocycles. The number of carbonyl (C=O) groups is 2. The summed E-state index contributed by atoms with van der Waals surface area (Å²) in [7, 11) is 0. The molecule has 2 aromatic carbocycles. The van der Waals surface area contributed by atoms with E-state index in [1.165, 1.54) is 4.57 Å². The number of rotatable bonds is 5. The summed E-state index contributed by atoms with van der Waals surface area (Å²) in [5.74, 6) is -0.877. The van der Waals surface area contributed by atoms with Gasteiger partial charge in [0.1, 0.15) is 6.54 Å². The minimum atomic E-state index is -0.570. The zero-order valence-corrected chi connectivity index (χ0v) is 14.6. The van der Waals surface area contributed by atoms with Gasteiger partial charge in [-0.3, -0.25) is 14.2 Å². The van der Waals surface area contributed by atoms with Crippen LogP contribution in [0, 0.1) is 0 Å². The molecule has 2 amide bonds. The monoisotopic (exact) mass is 365 g/mol. The summed E-state index contributed by atoms with van der Waals surface area (Å²) in [4.78, 5) is 38.3. The topological polar surface area (TPSA) is 84.5 Å². The lowest BCUT2D eigenvalue weighted by molar-refractivity contribution is -0.128. The summed E-state index contributed by atoms with van der Waals surface area (Å²) in [5, 5.41) is 2.85. The molecule has 2 heterocycles. The summed E-state index contributed by atoms with van der Waals surface area (Å²) >= 11 is 0. The van der Waals surface area contributed by atoms with Crippen LogP contribution in [0.15, 0.2) is 63.8 Å². The van der Waals surface area contributed by atoms with Crippen molar-refractivity contribution in [3.05, 3.63) is 70.7 Å². The largest absolute Gasteiger partial charge is 0.420 e. The van der Waals surface area contributed by atoms with Gasteiger partial charge in [0.15, 0.2) is 5.58 Å². The molecule has 0 unspecified atom stereocenters. The zero-order chi connectivity index (χ0) is 18.8. The number of fused-ring (bicyclic) bond motifs is 1. The highest BCUT2D eigenvalue weighted by molar-refractivity contribution is 5.83. The van der Waals surface area contributed by atoms with Crippen molar-refractivity contribution in [1.29, 1.82) is 0 Å². The number of nitrogens with zero attached hydrogens (tertiary/aromatic N) is 2. The van der Waals surface area contributed by atoms with Crippen molar-refractivity contribution < 1.29 is 14.0 Å². The normalized spacial score (nSPS) is 16.8. The molecule has 0 bridgehead atoms. The Morgan fingerprint density at radius 1 is 1.07 bits per heavy atom. The molecule has 7 nitrogen and oxygen atoms in total. The lowest BCUT2D eigenvalue weighted by Gasteiger charge is -2.17. The maximum atomic E-state index is 12.4. The van der Waals surface area contributed by atoms with Gasteiger partial charge in [0.25, 0.3) is 0 Å². The van der Waals surface area contributed by atoms with Gasteiger partial charge < -0.3 is 14.6 Å². The van der Waals surface area contributed by atoms with Gasteiger partial charge in [-0.1, -0.05) is 42.5 Å². The third-order valence-electron chi connectivity index (χ3n) is 4.67. The van der Waals surface area contributed by atoms with Crippen LogP contribution in [0.1, 0.15) is 12.0 Å². The summed E-state index contributed by atoms with van der Waals surface area (Å²) < 4.78 is 6.43. The summed E-state index contributed by atoms with van der Waals surface area (Å²) in [6, 6.07) is 16.4. The van der Waals surface area contributed by atoms with Crippen LogP contribution in [-0.4, -0.2) is 33.9 Å². The SMILES string of the molecule is O=C(Cn1c(=O)oc2ccccc21)N[C@H]1CC(=O)N(Cc2ccccc2)C1. The number of nitrogens with one attached hydrogen (secondary N) is 1. The maximum Gasteiger partial charge on any atom is 0.420 e. The van der Waals surface area contributed by atoms with Gasteiger partial charge in [-0.2, -0.15) is 0 Å². The average molecular weight is 365 g/mol. The van der Waals surface area contributed by atoms with Gasteiger partial charge in [-0.05, 0) is 17.7 Å². The minimum absolute atomic E-state index is 0.00933. The second kappa shape index (κ2) is 7.11. The number of likely N-dealkylation sites (tertiary alicyclic amines) is 1. The first-order valence-electron chi connectivity index (χ1n) is 8.79. The van der Waals surface area contributed by atoms with Crippen molar-refractivity contribution in [2.45, 2.75) is 25.6 Å². The third kappa shape index (κ3) is 3.62. The van der Waals surface area contributed by atoms with Gasteiger partial charge in [-0.25, -0.2) is 4.79 Å². The number of hydrogen-bond donors (Lipinski definition) is 1. The summed E-state index contributed by atoms with van der Waals surface area (Å²) in [6.07, 6.45) is 0.263. The molecule has 1 aliphatic heterocycles. The molecule has 1 N–H and O–H groups in total. The quantitative estimate of drug-likeness (QED) is 0.743. The van der Waals surface area contributed by atoms with Crippen molar-refractivity contribution >= 4 is 22.9 Å². The predicted molar refractivity (Wildman–Crippen MR) is 98.9 cm³/mol. The number of hydrogen-bond acceptors (Lipinski definition) is 4. The van der Waals surface area contributed by atoms with Gasteiger partial charge >= 0.3 is 5.76 Å². The van der Waals surface area contributed by atoms with E-state index in [1.807, 2.05) is 30.3 Å². The Kier molecular flexibility index (Phi) is 4.50. The van der Waals surface area contributed by atoms with E-state index in [0.717, 1.165) is 5.56 Å². The van der Waals surface area contributed by atoms with E-state index < -0.39 is 5.76 Å². The number of oxazole rings is 1. The van der Waals surface area contributed by atoms with Gasteiger partial charge in [-0.15, -0.1) is 0 Å². The van der Waals surface area contributed by atoms with Crippen LogP contribution >= 0.6 is 0 Å². The lowest BCUT2D eigenvalue weighted by atomic mass is 10.2. The van der Waals surface area contributed by atoms with Crippen molar-refractivity contribution in [3.8, 4) is 0 Å². The number of amides is 2. The van der Waals surface area contributed by atoms with Crippen LogP contribution in [0.3, 0.4) is 0 Å². The second-order valence-corrected chi connectivity index (χ2v) is 6.65. The van der Waals surface area contributed by atoms with Crippen molar-refractivity contribution in [3.63, 3.8) is 0 Å². The van der Waals surface area contributed by atoms with Gasteiger partial charge in [0.05, 0.1) is 11.6 Å². The summed E-state index contributed by atoms with van der Waals surface area (Å²) in [6.45, 7) is 0.845. The molecule has 0 saturated carbocycles. The van der Waals surface area contributed by atoms with Crippen LogP contribution in [-0.2, 0) is 22.7 Å². The van der Waals surface area contributed by atoms with E-state index in [1.54, 1.807) is 29.2 Å². The number of para-hydroxylation sites is 2. The molecular weight excluding hydrogens is 346 g/mol. The van der Waals surface area contributed by atoms with E-state index in [4.69, 9.17) is 4.42 Å². The predicted octanol–water partition coefficient (Wildman–Crippen LogP) is 1.51. The van der Waals surface area contributed by atoms with E-state index >= 15 is 0 Å². The minimum Gasteiger partial charge on any atom is -0.408 e. The molecule has 3 aromatic rings. The van der Waals surface area contributed by atoms with Crippen LogP contribution in [0.2, 0.25) is 0 Å². The molecule has 1 aliphatic rings. The van der Waals surface area contributed by atoms with Gasteiger partial charge in [0, 0.05) is 19.5 Å². The molecule has 1 atom stereocenters. The zero-order valence-electron chi connectivity index (χ0n) is 14.6. The standard InChI is InChI=1S/C20H19N3O4/c24-18(13-23-16-8-4-5-9-17(16)27-20(23)26)21-15-10-19(25)22(12-15)11-14-6-2-1-3-7-14/h1-9,15H,10-13H2,(H,21,24)/t15-/m0/s1. The Balaban J connectivity index is 1.39. The number of aromatic nitrogens is 1.